The van der Waals surface area contributed by atoms with Crippen molar-refractivity contribution in [1.29, 1.82) is 0 Å². The third kappa shape index (κ3) is 3.00. The molecule has 4 rings (SSSR count). The van der Waals surface area contributed by atoms with Crippen LogP contribution >= 0.6 is 0 Å². The molecule has 1 aromatic carbocycles. The molecule has 3 aromatic rings. The molecule has 1 saturated heterocycles. The lowest BCUT2D eigenvalue weighted by Gasteiger charge is -2.38. The largest absolute Gasteiger partial charge is 0.382 e. The second-order valence-electron chi connectivity index (χ2n) is 6.48. The summed E-state index contributed by atoms with van der Waals surface area (Å²) >= 11 is 0. The van der Waals surface area contributed by atoms with Gasteiger partial charge in [-0.3, -0.25) is 0 Å². The highest BCUT2D eigenvalue weighted by Gasteiger charge is 2.37. The Bertz CT molecular complexity index is 853. The number of hydrogen-bond acceptors (Lipinski definition) is 5. The van der Waals surface area contributed by atoms with Crippen LogP contribution < -0.4 is 4.90 Å². The number of hydrogen-bond donors (Lipinski definition) is 1. The molecule has 0 radical (unpaired) electrons. The molecule has 0 unspecified atom stereocenters. The summed E-state index contributed by atoms with van der Waals surface area (Å²) in [6.45, 7) is 1.46. The number of imidazole rings is 1. The maximum atomic E-state index is 11.0. The summed E-state index contributed by atoms with van der Waals surface area (Å²) in [6, 6.07) is 11.9. The number of rotatable bonds is 3. The zero-order valence-electron chi connectivity index (χ0n) is 14.2. The maximum absolute atomic E-state index is 11.0. The average molecular weight is 335 g/mol. The molecule has 6 nitrogen and oxygen atoms in total. The van der Waals surface area contributed by atoms with E-state index in [0.29, 0.717) is 12.8 Å². The number of aromatic nitrogens is 4. The van der Waals surface area contributed by atoms with E-state index in [1.165, 1.54) is 0 Å². The highest BCUT2D eigenvalue weighted by atomic mass is 16.3. The number of piperidine rings is 1. The summed E-state index contributed by atoms with van der Waals surface area (Å²) in [5.74, 6) is 2.36. The molecule has 0 aliphatic carbocycles. The number of aliphatic hydroxyl groups is 1. The normalized spacial score (nSPS) is 16.8. The smallest absolute Gasteiger partial charge is 0.161 e. The van der Waals surface area contributed by atoms with Crippen molar-refractivity contribution in [2.45, 2.75) is 18.4 Å². The first-order valence-corrected chi connectivity index (χ1v) is 8.49. The van der Waals surface area contributed by atoms with E-state index in [4.69, 9.17) is 4.98 Å². The predicted molar refractivity (Wildman–Crippen MR) is 96.0 cm³/mol. The van der Waals surface area contributed by atoms with Crippen LogP contribution in [-0.2, 0) is 12.6 Å². The molecule has 6 heteroatoms. The standard InChI is InChI=1S/C19H21N5O/c1-23-14-11-21-18(23)19(25)8-12-24(13-9-19)16-7-10-20-17(22-16)15-5-3-2-4-6-15/h2-7,10-11,14,25H,8-9,12-13H2,1H3. The molecule has 0 amide bonds. The Kier molecular flexibility index (Phi) is 3.97. The summed E-state index contributed by atoms with van der Waals surface area (Å²) in [5, 5.41) is 11.0. The topological polar surface area (TPSA) is 67.1 Å². The third-order valence-corrected chi connectivity index (χ3v) is 4.82. The van der Waals surface area contributed by atoms with Crippen LogP contribution in [0.3, 0.4) is 0 Å². The summed E-state index contributed by atoms with van der Waals surface area (Å²) in [6.07, 6.45) is 6.65. The minimum absolute atomic E-state index is 0.628. The monoisotopic (exact) mass is 335 g/mol. The Hall–Kier alpha value is -2.73. The van der Waals surface area contributed by atoms with Crippen LogP contribution in [0.5, 0.6) is 0 Å². The van der Waals surface area contributed by atoms with Gasteiger partial charge in [-0.2, -0.15) is 0 Å². The molecule has 1 N–H and O–H groups in total. The van der Waals surface area contributed by atoms with Gasteiger partial charge in [0.2, 0.25) is 0 Å². The minimum atomic E-state index is -0.871. The van der Waals surface area contributed by atoms with Crippen LogP contribution in [0.1, 0.15) is 18.7 Å². The lowest BCUT2D eigenvalue weighted by molar-refractivity contribution is 0.000673. The summed E-state index contributed by atoms with van der Waals surface area (Å²) in [7, 11) is 1.92. The van der Waals surface area contributed by atoms with Crippen molar-refractivity contribution in [3.05, 3.63) is 60.8 Å². The van der Waals surface area contributed by atoms with Gasteiger partial charge in [-0.15, -0.1) is 0 Å². The molecule has 1 aliphatic heterocycles. The van der Waals surface area contributed by atoms with Crippen LogP contribution in [0.25, 0.3) is 11.4 Å². The van der Waals surface area contributed by atoms with E-state index in [1.807, 2.05) is 54.2 Å². The Morgan fingerprint density at radius 3 is 2.44 bits per heavy atom. The van der Waals surface area contributed by atoms with E-state index in [2.05, 4.69) is 14.9 Å². The van der Waals surface area contributed by atoms with Gasteiger partial charge in [0.15, 0.2) is 5.82 Å². The second kappa shape index (κ2) is 6.29. The minimum Gasteiger partial charge on any atom is -0.382 e. The van der Waals surface area contributed by atoms with Crippen molar-refractivity contribution in [1.82, 2.24) is 19.5 Å². The molecule has 0 bridgehead atoms. The highest BCUT2D eigenvalue weighted by molar-refractivity contribution is 5.57. The molecular weight excluding hydrogens is 314 g/mol. The molecule has 0 spiro atoms. The summed E-state index contributed by atoms with van der Waals surface area (Å²) in [5.41, 5.74) is 0.134. The summed E-state index contributed by atoms with van der Waals surface area (Å²) < 4.78 is 1.90. The molecule has 0 saturated carbocycles. The van der Waals surface area contributed by atoms with Gasteiger partial charge in [-0.05, 0) is 6.07 Å². The molecule has 0 atom stereocenters. The van der Waals surface area contributed by atoms with Crippen molar-refractivity contribution in [3.8, 4) is 11.4 Å². The lowest BCUT2D eigenvalue weighted by Crippen LogP contribution is -2.44. The summed E-state index contributed by atoms with van der Waals surface area (Å²) in [4.78, 5) is 15.6. The molecule has 2 aromatic heterocycles. The van der Waals surface area contributed by atoms with Gasteiger partial charge >= 0.3 is 0 Å². The predicted octanol–water partition coefficient (Wildman–Crippen LogP) is 2.37. The Morgan fingerprint density at radius 1 is 1.00 bits per heavy atom. The van der Waals surface area contributed by atoms with Gasteiger partial charge in [0.05, 0.1) is 0 Å². The number of anilines is 1. The van der Waals surface area contributed by atoms with E-state index in [1.54, 1.807) is 12.4 Å². The van der Waals surface area contributed by atoms with Crippen molar-refractivity contribution >= 4 is 5.82 Å². The molecular formula is C19H21N5O. The molecule has 1 aliphatic rings. The number of benzene rings is 1. The van der Waals surface area contributed by atoms with Gasteiger partial charge in [-0.25, -0.2) is 15.0 Å². The van der Waals surface area contributed by atoms with E-state index in [-0.39, 0.29) is 0 Å². The van der Waals surface area contributed by atoms with E-state index in [9.17, 15) is 5.11 Å². The fourth-order valence-corrected chi connectivity index (χ4v) is 3.39. The van der Waals surface area contributed by atoms with Crippen LogP contribution in [-0.4, -0.2) is 37.7 Å². The fraction of sp³-hybridized carbons (Fsp3) is 0.316. The van der Waals surface area contributed by atoms with Crippen LogP contribution in [0.4, 0.5) is 5.82 Å². The lowest BCUT2D eigenvalue weighted by atomic mass is 9.90. The quantitative estimate of drug-likeness (QED) is 0.796. The van der Waals surface area contributed by atoms with Gasteiger partial charge in [0.25, 0.3) is 0 Å². The van der Waals surface area contributed by atoms with Gasteiger partial charge in [-0.1, -0.05) is 30.3 Å². The molecule has 1 fully saturated rings. The van der Waals surface area contributed by atoms with Crippen LogP contribution in [0.15, 0.2) is 55.0 Å². The Morgan fingerprint density at radius 2 is 1.76 bits per heavy atom. The zero-order chi connectivity index (χ0) is 17.3. The molecule has 25 heavy (non-hydrogen) atoms. The van der Waals surface area contributed by atoms with E-state index >= 15 is 0 Å². The zero-order valence-corrected chi connectivity index (χ0v) is 14.2. The SMILES string of the molecule is Cn1ccnc1C1(O)CCN(c2ccnc(-c3ccccc3)n2)CC1. The van der Waals surface area contributed by atoms with E-state index < -0.39 is 5.60 Å². The maximum Gasteiger partial charge on any atom is 0.161 e. The van der Waals surface area contributed by atoms with Gasteiger partial charge in [0.1, 0.15) is 17.2 Å². The Balaban J connectivity index is 1.53. The van der Waals surface area contributed by atoms with E-state index in [0.717, 1.165) is 36.1 Å². The fourth-order valence-electron chi connectivity index (χ4n) is 3.39. The van der Waals surface area contributed by atoms with Gasteiger partial charge in [0, 0.05) is 57.1 Å². The number of nitrogens with zero attached hydrogens (tertiary/aromatic N) is 5. The van der Waals surface area contributed by atoms with Gasteiger partial charge < -0.3 is 14.6 Å². The van der Waals surface area contributed by atoms with Crippen molar-refractivity contribution < 1.29 is 5.11 Å². The first kappa shape index (κ1) is 15.8. The molecule has 3 heterocycles. The van der Waals surface area contributed by atoms with Crippen molar-refractivity contribution in [2.75, 3.05) is 18.0 Å². The first-order valence-electron chi connectivity index (χ1n) is 8.49. The Labute approximate surface area is 146 Å². The average Bonchev–Trinajstić information content (AvgIpc) is 3.10. The van der Waals surface area contributed by atoms with Crippen LogP contribution in [0, 0.1) is 0 Å². The highest BCUT2D eigenvalue weighted by Crippen LogP contribution is 2.33. The first-order chi connectivity index (χ1) is 12.2. The van der Waals surface area contributed by atoms with Crippen molar-refractivity contribution in [2.24, 2.45) is 7.05 Å². The molecule has 128 valence electrons. The second-order valence-corrected chi connectivity index (χ2v) is 6.48. The third-order valence-electron chi connectivity index (χ3n) is 4.82. The number of aryl methyl sites for hydroxylation is 1. The van der Waals surface area contributed by atoms with Crippen LogP contribution in [0.2, 0.25) is 0 Å². The van der Waals surface area contributed by atoms with Crippen molar-refractivity contribution in [3.63, 3.8) is 0 Å².